The molecule has 144 valence electrons. The molecule has 0 aliphatic carbocycles. The third kappa shape index (κ3) is 5.15. The van der Waals surface area contributed by atoms with E-state index in [1.807, 2.05) is 32.0 Å². The van der Waals surface area contributed by atoms with Crippen molar-refractivity contribution in [2.45, 2.75) is 31.7 Å². The topological polar surface area (TPSA) is 107 Å². The van der Waals surface area contributed by atoms with Gasteiger partial charge in [-0.05, 0) is 50.6 Å². The number of carbonyl (C=O) groups excluding carboxylic acids is 2. The second kappa shape index (κ2) is 8.32. The van der Waals surface area contributed by atoms with Crippen LogP contribution in [-0.2, 0) is 19.6 Å². The Morgan fingerprint density at radius 3 is 2.30 bits per heavy atom. The van der Waals surface area contributed by atoms with Crippen molar-refractivity contribution in [1.29, 1.82) is 0 Å². The van der Waals surface area contributed by atoms with Crippen LogP contribution in [0.1, 0.15) is 29.8 Å². The van der Waals surface area contributed by atoms with E-state index in [1.54, 1.807) is 19.1 Å². The number of nitrogens with two attached hydrogens (primary N) is 1. The zero-order valence-corrected chi connectivity index (χ0v) is 16.2. The van der Waals surface area contributed by atoms with Gasteiger partial charge >= 0.3 is 5.97 Å². The molecule has 0 fully saturated rings. The number of benzene rings is 2. The highest BCUT2D eigenvalue weighted by Crippen LogP contribution is 2.18. The van der Waals surface area contributed by atoms with Crippen molar-refractivity contribution in [3.05, 3.63) is 59.7 Å². The van der Waals surface area contributed by atoms with Crippen molar-refractivity contribution in [2.75, 3.05) is 11.5 Å². The van der Waals surface area contributed by atoms with Crippen molar-refractivity contribution in [1.82, 2.24) is 0 Å². The van der Waals surface area contributed by atoms with Crippen LogP contribution in [0.15, 0.2) is 53.4 Å². The Bertz CT molecular complexity index is 940. The lowest BCUT2D eigenvalue weighted by molar-refractivity contribution is -0.122. The zero-order chi connectivity index (χ0) is 20.2. The highest BCUT2D eigenvalue weighted by molar-refractivity contribution is 7.89. The van der Waals surface area contributed by atoms with E-state index in [1.165, 1.54) is 17.0 Å². The Labute approximate surface area is 158 Å². The molecule has 2 rings (SSSR count). The number of ether oxygens (including phenoxy) is 1. The second-order valence-electron chi connectivity index (χ2n) is 6.29. The largest absolute Gasteiger partial charge is 0.452 e. The number of amides is 1. The SMILES string of the molecule is Cc1ccc(S(N)(=O)=O)cc1C(=O)OCC(=O)N(c1ccccc1)C(C)C. The van der Waals surface area contributed by atoms with Gasteiger partial charge in [0.15, 0.2) is 6.61 Å². The van der Waals surface area contributed by atoms with Crippen molar-refractivity contribution in [3.8, 4) is 0 Å². The molecule has 1 amide bonds. The van der Waals surface area contributed by atoms with Gasteiger partial charge in [-0.25, -0.2) is 18.4 Å². The van der Waals surface area contributed by atoms with E-state index in [9.17, 15) is 18.0 Å². The summed E-state index contributed by atoms with van der Waals surface area (Å²) in [6.07, 6.45) is 0. The van der Waals surface area contributed by atoms with Crippen molar-refractivity contribution in [2.24, 2.45) is 5.14 Å². The summed E-state index contributed by atoms with van der Waals surface area (Å²) < 4.78 is 28.1. The Kier molecular flexibility index (Phi) is 6.35. The van der Waals surface area contributed by atoms with Crippen LogP contribution in [0.2, 0.25) is 0 Å². The number of hydrogen-bond donors (Lipinski definition) is 1. The summed E-state index contributed by atoms with van der Waals surface area (Å²) in [5, 5.41) is 5.09. The van der Waals surface area contributed by atoms with Gasteiger partial charge in [-0.3, -0.25) is 4.79 Å². The summed E-state index contributed by atoms with van der Waals surface area (Å²) in [7, 11) is -3.95. The summed E-state index contributed by atoms with van der Waals surface area (Å²) in [6.45, 7) is 4.87. The molecule has 27 heavy (non-hydrogen) atoms. The minimum Gasteiger partial charge on any atom is -0.452 e. The fourth-order valence-corrected chi connectivity index (χ4v) is 3.13. The Balaban J connectivity index is 2.16. The maximum absolute atomic E-state index is 12.6. The first kappa shape index (κ1) is 20.6. The summed E-state index contributed by atoms with van der Waals surface area (Å²) in [4.78, 5) is 26.2. The molecule has 0 aliphatic rings. The van der Waals surface area contributed by atoms with Crippen molar-refractivity contribution < 1.29 is 22.7 Å². The first-order valence-electron chi connectivity index (χ1n) is 8.29. The summed E-state index contributed by atoms with van der Waals surface area (Å²) in [5.41, 5.74) is 1.26. The van der Waals surface area contributed by atoms with Crippen LogP contribution in [-0.4, -0.2) is 32.9 Å². The van der Waals surface area contributed by atoms with Gasteiger partial charge in [0.05, 0.1) is 10.5 Å². The molecule has 0 atom stereocenters. The Morgan fingerprint density at radius 1 is 1.11 bits per heavy atom. The molecular formula is C19H22N2O5S. The second-order valence-corrected chi connectivity index (χ2v) is 7.85. The van der Waals surface area contributed by atoms with E-state index in [0.717, 1.165) is 6.07 Å². The Hall–Kier alpha value is -2.71. The van der Waals surface area contributed by atoms with Gasteiger partial charge in [0.1, 0.15) is 0 Å². The normalized spacial score (nSPS) is 11.3. The van der Waals surface area contributed by atoms with Crippen molar-refractivity contribution in [3.63, 3.8) is 0 Å². The van der Waals surface area contributed by atoms with E-state index in [0.29, 0.717) is 11.3 Å². The fraction of sp³-hybridized carbons (Fsp3) is 0.263. The minimum absolute atomic E-state index is 0.0464. The lowest BCUT2D eigenvalue weighted by atomic mass is 10.1. The molecule has 8 heteroatoms. The minimum atomic E-state index is -3.95. The van der Waals surface area contributed by atoms with E-state index in [-0.39, 0.29) is 22.4 Å². The summed E-state index contributed by atoms with van der Waals surface area (Å²) >= 11 is 0. The van der Waals surface area contributed by atoms with Crippen LogP contribution in [0, 0.1) is 6.92 Å². The molecule has 7 nitrogen and oxygen atoms in total. The van der Waals surface area contributed by atoms with Gasteiger partial charge in [0, 0.05) is 11.7 Å². The smallest absolute Gasteiger partial charge is 0.338 e. The number of rotatable bonds is 6. The molecule has 0 radical (unpaired) electrons. The molecule has 0 bridgehead atoms. The average Bonchev–Trinajstić information content (AvgIpc) is 2.59. The van der Waals surface area contributed by atoms with Crippen LogP contribution >= 0.6 is 0 Å². The van der Waals surface area contributed by atoms with Crippen LogP contribution in [0.3, 0.4) is 0 Å². The molecular weight excluding hydrogens is 368 g/mol. The van der Waals surface area contributed by atoms with Gasteiger partial charge in [0.25, 0.3) is 5.91 Å². The number of anilines is 1. The number of primary sulfonamides is 1. The van der Waals surface area contributed by atoms with Gasteiger partial charge in [-0.2, -0.15) is 0 Å². The Morgan fingerprint density at radius 2 is 1.74 bits per heavy atom. The van der Waals surface area contributed by atoms with Gasteiger partial charge in [-0.15, -0.1) is 0 Å². The molecule has 2 N–H and O–H groups in total. The number of nitrogens with zero attached hydrogens (tertiary/aromatic N) is 1. The van der Waals surface area contributed by atoms with E-state index < -0.39 is 22.6 Å². The number of aryl methyl sites for hydroxylation is 1. The lowest BCUT2D eigenvalue weighted by Crippen LogP contribution is -2.39. The van der Waals surface area contributed by atoms with E-state index >= 15 is 0 Å². The lowest BCUT2D eigenvalue weighted by Gasteiger charge is -2.26. The number of carbonyl (C=O) groups is 2. The molecule has 0 heterocycles. The van der Waals surface area contributed by atoms with Crippen molar-refractivity contribution >= 4 is 27.6 Å². The quantitative estimate of drug-likeness (QED) is 0.761. The molecule has 0 spiro atoms. The average molecular weight is 390 g/mol. The van der Waals surface area contributed by atoms with Crippen LogP contribution in [0.25, 0.3) is 0 Å². The summed E-state index contributed by atoms with van der Waals surface area (Å²) in [6, 6.07) is 12.8. The molecule has 0 unspecified atom stereocenters. The van der Waals surface area contributed by atoms with E-state index in [4.69, 9.17) is 9.88 Å². The first-order valence-corrected chi connectivity index (χ1v) is 9.83. The molecule has 0 saturated heterocycles. The molecule has 2 aromatic rings. The maximum atomic E-state index is 12.6. The molecule has 0 saturated carbocycles. The maximum Gasteiger partial charge on any atom is 0.338 e. The van der Waals surface area contributed by atoms with E-state index in [2.05, 4.69) is 0 Å². The highest BCUT2D eigenvalue weighted by Gasteiger charge is 2.22. The van der Waals surface area contributed by atoms with Crippen LogP contribution in [0.4, 0.5) is 5.69 Å². The number of para-hydroxylation sites is 1. The standard InChI is InChI=1S/C19H22N2O5S/c1-13(2)21(15-7-5-4-6-8-15)18(22)12-26-19(23)17-11-16(27(20,24)25)10-9-14(17)3/h4-11,13H,12H2,1-3H3,(H2,20,24,25). The summed E-state index contributed by atoms with van der Waals surface area (Å²) in [5.74, 6) is -1.17. The number of sulfonamides is 1. The molecule has 2 aromatic carbocycles. The zero-order valence-electron chi connectivity index (χ0n) is 15.4. The fourth-order valence-electron chi connectivity index (χ4n) is 2.59. The van der Waals surface area contributed by atoms with Gasteiger partial charge in [0.2, 0.25) is 10.0 Å². The van der Waals surface area contributed by atoms with Gasteiger partial charge in [-0.1, -0.05) is 24.3 Å². The monoisotopic (exact) mass is 390 g/mol. The molecule has 0 aliphatic heterocycles. The number of hydrogen-bond acceptors (Lipinski definition) is 5. The van der Waals surface area contributed by atoms with Crippen LogP contribution in [0.5, 0.6) is 0 Å². The third-order valence-electron chi connectivity index (χ3n) is 3.90. The molecule has 0 aromatic heterocycles. The number of esters is 1. The predicted molar refractivity (Wildman–Crippen MR) is 102 cm³/mol. The highest BCUT2D eigenvalue weighted by atomic mass is 32.2. The van der Waals surface area contributed by atoms with Crippen LogP contribution < -0.4 is 10.0 Å². The predicted octanol–water partition coefficient (Wildman–Crippen LogP) is 2.24. The third-order valence-corrected chi connectivity index (χ3v) is 4.81. The van der Waals surface area contributed by atoms with Gasteiger partial charge < -0.3 is 9.64 Å². The first-order chi connectivity index (χ1) is 12.6.